The molecule has 4 N–H and O–H groups in total. The number of aliphatic hydroxyl groups is 3. The summed E-state index contributed by atoms with van der Waals surface area (Å²) in [6.07, 6.45) is 7.27. The highest BCUT2D eigenvalue weighted by Gasteiger charge is 2.57. The minimum absolute atomic E-state index is 0.00272. The van der Waals surface area contributed by atoms with Crippen LogP contribution in [0.3, 0.4) is 0 Å². The van der Waals surface area contributed by atoms with Crippen LogP contribution in [-0.4, -0.2) is 44.8 Å². The molecule has 7 atom stereocenters. The van der Waals surface area contributed by atoms with E-state index in [1.165, 1.54) is 11.3 Å². The minimum Gasteiger partial charge on any atom is -0.396 e. The Labute approximate surface area is 149 Å². The Balaban J connectivity index is 1.65. The van der Waals surface area contributed by atoms with Gasteiger partial charge in [0.1, 0.15) is 0 Å². The fourth-order valence-corrected chi connectivity index (χ4v) is 6.73. The van der Waals surface area contributed by atoms with Gasteiger partial charge in [-0.1, -0.05) is 13.8 Å². The molecule has 0 saturated heterocycles. The zero-order chi connectivity index (χ0) is 17.8. The van der Waals surface area contributed by atoms with Crippen LogP contribution in [0.2, 0.25) is 0 Å². The van der Waals surface area contributed by atoms with E-state index in [0.717, 1.165) is 32.1 Å². The quantitative estimate of drug-likeness (QED) is 0.673. The van der Waals surface area contributed by atoms with Gasteiger partial charge in [-0.05, 0) is 73.2 Å². The molecule has 5 nitrogen and oxygen atoms in total. The molecule has 0 bridgehead atoms. The Kier molecular flexibility index (Phi) is 4.25. The predicted molar refractivity (Wildman–Crippen MR) is 95.0 cm³/mol. The van der Waals surface area contributed by atoms with E-state index in [-0.39, 0.29) is 42.0 Å². The van der Waals surface area contributed by atoms with Gasteiger partial charge in [-0.2, -0.15) is 5.10 Å². The van der Waals surface area contributed by atoms with E-state index in [1.54, 1.807) is 0 Å². The highest BCUT2D eigenvalue weighted by atomic mass is 16.3. The summed E-state index contributed by atoms with van der Waals surface area (Å²) < 4.78 is 0. The molecule has 0 radical (unpaired) electrons. The molecule has 140 valence electrons. The van der Waals surface area contributed by atoms with Crippen LogP contribution < -0.4 is 0 Å². The molecule has 25 heavy (non-hydrogen) atoms. The normalized spacial score (nSPS) is 46.7. The number of hydrogen-bond donors (Lipinski definition) is 4. The van der Waals surface area contributed by atoms with Crippen LogP contribution in [0.4, 0.5) is 0 Å². The second kappa shape index (κ2) is 6.07. The van der Waals surface area contributed by atoms with Crippen molar-refractivity contribution in [2.45, 2.75) is 63.9 Å². The molecule has 2 saturated carbocycles. The lowest BCUT2D eigenvalue weighted by molar-refractivity contribution is -0.0997. The van der Waals surface area contributed by atoms with Crippen molar-refractivity contribution >= 4 is 0 Å². The summed E-state index contributed by atoms with van der Waals surface area (Å²) >= 11 is 0. The van der Waals surface area contributed by atoms with E-state index in [0.29, 0.717) is 18.3 Å². The molecule has 3 aliphatic rings. The molecule has 5 heteroatoms. The summed E-state index contributed by atoms with van der Waals surface area (Å²) in [5.41, 5.74) is 2.67. The maximum Gasteiger partial charge on any atom is 0.0544 e. The van der Waals surface area contributed by atoms with Gasteiger partial charge in [0.05, 0.1) is 12.3 Å². The minimum atomic E-state index is -0.288. The molecule has 0 aromatic carbocycles. The molecule has 4 rings (SSSR count). The maximum absolute atomic E-state index is 10.4. The highest BCUT2D eigenvalue weighted by molar-refractivity contribution is 5.35. The monoisotopic (exact) mass is 348 g/mol. The zero-order valence-corrected chi connectivity index (χ0v) is 15.4. The van der Waals surface area contributed by atoms with E-state index < -0.39 is 0 Å². The molecule has 1 aromatic rings. The number of aromatic nitrogens is 2. The largest absolute Gasteiger partial charge is 0.396 e. The van der Waals surface area contributed by atoms with Gasteiger partial charge in [-0.25, -0.2) is 0 Å². The van der Waals surface area contributed by atoms with Crippen LogP contribution in [-0.2, 0) is 11.8 Å². The summed E-state index contributed by atoms with van der Waals surface area (Å²) in [6, 6.07) is 0. The van der Waals surface area contributed by atoms with Gasteiger partial charge in [-0.15, -0.1) is 0 Å². The van der Waals surface area contributed by atoms with Crippen molar-refractivity contribution < 1.29 is 15.3 Å². The number of nitrogens with zero attached hydrogens (tertiary/aromatic N) is 1. The zero-order valence-electron chi connectivity index (χ0n) is 15.4. The fourth-order valence-electron chi connectivity index (χ4n) is 6.73. The van der Waals surface area contributed by atoms with Gasteiger partial charge in [0.25, 0.3) is 0 Å². The van der Waals surface area contributed by atoms with E-state index in [4.69, 9.17) is 0 Å². The van der Waals surface area contributed by atoms with Gasteiger partial charge in [-0.3, -0.25) is 5.10 Å². The molecular weight excluding hydrogens is 316 g/mol. The molecule has 0 aliphatic heterocycles. The first kappa shape index (κ1) is 17.5. The van der Waals surface area contributed by atoms with Crippen LogP contribution in [0.5, 0.6) is 0 Å². The Hall–Kier alpha value is -0.910. The van der Waals surface area contributed by atoms with Crippen molar-refractivity contribution in [3.05, 3.63) is 17.5 Å². The molecular formula is C20H32N2O3. The molecule has 7 unspecified atom stereocenters. The number of aromatic amines is 1. The standard InChI is InChI=1S/C20H32N2O3/c1-19(5-3-14(25)8-13(19)10-23)16-4-6-20(2)17(15(16)11-24)7-12-9-21-22-18(12)20/h9,13-17,23-25H,3-8,10-11H2,1-2H3,(H,21,22). The number of fused-ring (bicyclic) bond motifs is 3. The van der Waals surface area contributed by atoms with Crippen LogP contribution in [0, 0.1) is 29.1 Å². The van der Waals surface area contributed by atoms with E-state index >= 15 is 0 Å². The number of hydrogen-bond acceptors (Lipinski definition) is 4. The second-order valence-corrected chi connectivity index (χ2v) is 9.30. The number of H-pyrrole nitrogens is 1. The van der Waals surface area contributed by atoms with Gasteiger partial charge in [0, 0.05) is 24.3 Å². The van der Waals surface area contributed by atoms with Crippen LogP contribution in [0.15, 0.2) is 6.20 Å². The third-order valence-electron chi connectivity index (χ3n) is 8.34. The van der Waals surface area contributed by atoms with Gasteiger partial charge < -0.3 is 15.3 Å². The summed E-state index contributed by atoms with van der Waals surface area (Å²) in [5, 5.41) is 37.9. The lowest BCUT2D eigenvalue weighted by Crippen LogP contribution is -2.53. The molecule has 0 amide bonds. The third-order valence-corrected chi connectivity index (χ3v) is 8.34. The van der Waals surface area contributed by atoms with Crippen molar-refractivity contribution in [2.75, 3.05) is 13.2 Å². The van der Waals surface area contributed by atoms with Crippen molar-refractivity contribution in [1.82, 2.24) is 10.2 Å². The lowest BCUT2D eigenvalue weighted by Gasteiger charge is -2.56. The lowest BCUT2D eigenvalue weighted by atomic mass is 9.49. The molecule has 0 spiro atoms. The molecule has 1 heterocycles. The third kappa shape index (κ3) is 2.42. The second-order valence-electron chi connectivity index (χ2n) is 9.30. The summed E-state index contributed by atoms with van der Waals surface area (Å²) in [4.78, 5) is 0. The Morgan fingerprint density at radius 1 is 1.16 bits per heavy atom. The summed E-state index contributed by atoms with van der Waals surface area (Å²) in [7, 11) is 0. The summed E-state index contributed by atoms with van der Waals surface area (Å²) in [6.45, 7) is 4.97. The highest BCUT2D eigenvalue weighted by Crippen LogP contribution is 2.60. The SMILES string of the molecule is CC12CCC(C3(C)CCC(O)CC3CO)C(CO)C1Cc1cn[nH]c12. The average Bonchev–Trinajstić information content (AvgIpc) is 3.17. The topological polar surface area (TPSA) is 89.4 Å². The number of nitrogens with one attached hydrogen (secondary N) is 1. The first-order chi connectivity index (χ1) is 11.9. The van der Waals surface area contributed by atoms with Gasteiger partial charge >= 0.3 is 0 Å². The van der Waals surface area contributed by atoms with E-state index in [9.17, 15) is 15.3 Å². The van der Waals surface area contributed by atoms with Crippen molar-refractivity contribution in [1.29, 1.82) is 0 Å². The van der Waals surface area contributed by atoms with E-state index in [2.05, 4.69) is 24.0 Å². The summed E-state index contributed by atoms with van der Waals surface area (Å²) in [5.74, 6) is 1.20. The van der Waals surface area contributed by atoms with Crippen molar-refractivity contribution in [2.24, 2.45) is 29.1 Å². The van der Waals surface area contributed by atoms with Gasteiger partial charge in [0.2, 0.25) is 0 Å². The van der Waals surface area contributed by atoms with Crippen LogP contribution in [0.25, 0.3) is 0 Å². The van der Waals surface area contributed by atoms with E-state index in [1.807, 2.05) is 6.20 Å². The van der Waals surface area contributed by atoms with Gasteiger partial charge in [0.15, 0.2) is 0 Å². The van der Waals surface area contributed by atoms with Crippen LogP contribution >= 0.6 is 0 Å². The first-order valence-corrected chi connectivity index (χ1v) is 9.86. The number of aliphatic hydroxyl groups excluding tert-OH is 3. The van der Waals surface area contributed by atoms with Crippen molar-refractivity contribution in [3.8, 4) is 0 Å². The Morgan fingerprint density at radius 2 is 1.96 bits per heavy atom. The molecule has 3 aliphatic carbocycles. The maximum atomic E-state index is 10.4. The smallest absolute Gasteiger partial charge is 0.0544 e. The van der Waals surface area contributed by atoms with Crippen molar-refractivity contribution in [3.63, 3.8) is 0 Å². The Morgan fingerprint density at radius 3 is 2.68 bits per heavy atom. The fraction of sp³-hybridized carbons (Fsp3) is 0.850. The Bertz CT molecular complexity index is 632. The van der Waals surface area contributed by atoms with Crippen LogP contribution in [0.1, 0.15) is 57.2 Å². The molecule has 2 fully saturated rings. The molecule has 1 aromatic heterocycles. The average molecular weight is 348 g/mol. The first-order valence-electron chi connectivity index (χ1n) is 9.86. The number of rotatable bonds is 3. The predicted octanol–water partition coefficient (Wildman–Crippen LogP) is 2.02.